The molecule has 24 heavy (non-hydrogen) atoms. The lowest BCUT2D eigenvalue weighted by molar-refractivity contribution is 0.102. The van der Waals surface area contributed by atoms with Gasteiger partial charge in [-0.25, -0.2) is 9.67 Å². The van der Waals surface area contributed by atoms with Crippen LogP contribution >= 0.6 is 34.2 Å². The number of anilines is 1. The fourth-order valence-electron chi connectivity index (χ4n) is 2.33. The number of rotatable bonds is 3. The van der Waals surface area contributed by atoms with E-state index in [2.05, 4.69) is 38.0 Å². The van der Waals surface area contributed by atoms with Crippen LogP contribution < -0.4 is 5.32 Å². The van der Waals surface area contributed by atoms with Gasteiger partial charge in [0.15, 0.2) is 5.82 Å². The second-order valence-corrected chi connectivity index (χ2v) is 6.96. The Hall–Kier alpha value is -1.93. The first-order chi connectivity index (χ1) is 11.4. The van der Waals surface area contributed by atoms with Gasteiger partial charge in [-0.15, -0.1) is 0 Å². The number of hydrogen-bond acceptors (Lipinski definition) is 3. The van der Waals surface area contributed by atoms with Crippen LogP contribution in [0, 0.1) is 17.4 Å². The van der Waals surface area contributed by atoms with Crippen molar-refractivity contribution in [1.29, 1.82) is 0 Å². The van der Waals surface area contributed by atoms with Crippen LogP contribution in [0.3, 0.4) is 0 Å². The average molecular weight is 453 g/mol. The molecule has 122 valence electrons. The highest BCUT2D eigenvalue weighted by atomic mass is 127. The number of aryl methyl sites for hydroxylation is 2. The van der Waals surface area contributed by atoms with Crippen molar-refractivity contribution < 1.29 is 4.79 Å². The van der Waals surface area contributed by atoms with Crippen LogP contribution in [0.2, 0.25) is 5.02 Å². The predicted molar refractivity (Wildman–Crippen MR) is 103 cm³/mol. The second-order valence-electron chi connectivity index (χ2n) is 5.30. The summed E-state index contributed by atoms with van der Waals surface area (Å²) in [7, 11) is 0. The molecule has 0 saturated carbocycles. The van der Waals surface area contributed by atoms with Crippen molar-refractivity contribution in [3.8, 4) is 5.82 Å². The van der Waals surface area contributed by atoms with Crippen LogP contribution in [0.1, 0.15) is 21.9 Å². The highest BCUT2D eigenvalue weighted by Gasteiger charge is 2.15. The standard InChI is InChI=1S/C17H14ClIN4O/c1-10-8-11(2)23(22-10)15-7-6-14(18)16(21-15)17(24)20-13-5-3-4-12(19)9-13/h3-9H,1-2H3,(H,20,24). The van der Waals surface area contributed by atoms with E-state index in [1.165, 1.54) is 0 Å². The van der Waals surface area contributed by atoms with E-state index in [1.807, 2.05) is 44.2 Å². The lowest BCUT2D eigenvalue weighted by Gasteiger charge is -2.09. The first-order valence-electron chi connectivity index (χ1n) is 7.21. The van der Waals surface area contributed by atoms with Crippen LogP contribution in [-0.2, 0) is 0 Å². The smallest absolute Gasteiger partial charge is 0.275 e. The molecule has 0 radical (unpaired) electrons. The highest BCUT2D eigenvalue weighted by molar-refractivity contribution is 14.1. The summed E-state index contributed by atoms with van der Waals surface area (Å²) >= 11 is 8.35. The molecule has 1 N–H and O–H groups in total. The normalized spacial score (nSPS) is 10.7. The van der Waals surface area contributed by atoms with E-state index >= 15 is 0 Å². The largest absolute Gasteiger partial charge is 0.321 e. The van der Waals surface area contributed by atoms with Crippen LogP contribution in [0.15, 0.2) is 42.5 Å². The van der Waals surface area contributed by atoms with Crippen molar-refractivity contribution in [3.05, 3.63) is 68.1 Å². The third-order valence-corrected chi connectivity index (χ3v) is 4.33. The van der Waals surface area contributed by atoms with Crippen molar-refractivity contribution in [2.75, 3.05) is 5.32 Å². The molecule has 2 heterocycles. The number of pyridine rings is 1. The number of aromatic nitrogens is 3. The predicted octanol–water partition coefficient (Wildman–Crippen LogP) is 4.39. The summed E-state index contributed by atoms with van der Waals surface area (Å²) in [5.74, 6) is 0.197. The summed E-state index contributed by atoms with van der Waals surface area (Å²) in [4.78, 5) is 16.9. The number of amides is 1. The summed E-state index contributed by atoms with van der Waals surface area (Å²) in [6, 6.07) is 12.9. The topological polar surface area (TPSA) is 59.8 Å². The van der Waals surface area contributed by atoms with Gasteiger partial charge >= 0.3 is 0 Å². The van der Waals surface area contributed by atoms with Gasteiger partial charge in [0.1, 0.15) is 5.69 Å². The summed E-state index contributed by atoms with van der Waals surface area (Å²) < 4.78 is 2.72. The van der Waals surface area contributed by atoms with Gasteiger partial charge in [-0.2, -0.15) is 5.10 Å². The van der Waals surface area contributed by atoms with Gasteiger partial charge in [-0.05, 0) is 72.8 Å². The number of carbonyl (C=O) groups is 1. The molecule has 0 unspecified atom stereocenters. The number of hydrogen-bond donors (Lipinski definition) is 1. The Morgan fingerprint density at radius 3 is 2.67 bits per heavy atom. The summed E-state index contributed by atoms with van der Waals surface area (Å²) in [6.07, 6.45) is 0. The minimum atomic E-state index is -0.356. The Labute approximate surface area is 158 Å². The van der Waals surface area contributed by atoms with Gasteiger partial charge < -0.3 is 5.32 Å². The first kappa shape index (κ1) is 16.9. The minimum absolute atomic E-state index is 0.167. The molecule has 0 saturated heterocycles. The zero-order valence-corrected chi connectivity index (χ0v) is 16.0. The highest BCUT2D eigenvalue weighted by Crippen LogP contribution is 2.20. The molecule has 3 aromatic rings. The van der Waals surface area contributed by atoms with Gasteiger partial charge in [-0.1, -0.05) is 17.7 Å². The molecule has 2 aromatic heterocycles. The van der Waals surface area contributed by atoms with Crippen molar-refractivity contribution in [2.45, 2.75) is 13.8 Å². The van der Waals surface area contributed by atoms with Crippen molar-refractivity contribution >= 4 is 45.8 Å². The molecular weight excluding hydrogens is 439 g/mol. The molecule has 5 nitrogen and oxygen atoms in total. The first-order valence-corrected chi connectivity index (χ1v) is 8.67. The monoisotopic (exact) mass is 452 g/mol. The van der Waals surface area contributed by atoms with Gasteiger partial charge in [-0.3, -0.25) is 4.79 Å². The molecule has 0 spiro atoms. The molecule has 0 atom stereocenters. The SMILES string of the molecule is Cc1cc(C)n(-c2ccc(Cl)c(C(=O)Nc3cccc(I)c3)n2)n1. The number of nitrogens with one attached hydrogen (secondary N) is 1. The number of nitrogens with zero attached hydrogens (tertiary/aromatic N) is 3. The van der Waals surface area contributed by atoms with E-state index in [1.54, 1.807) is 16.8 Å². The lowest BCUT2D eigenvalue weighted by Crippen LogP contribution is -2.16. The van der Waals surface area contributed by atoms with Crippen LogP contribution in [0.5, 0.6) is 0 Å². The van der Waals surface area contributed by atoms with Crippen LogP contribution in [-0.4, -0.2) is 20.7 Å². The maximum atomic E-state index is 12.5. The van der Waals surface area contributed by atoms with E-state index in [0.717, 1.165) is 15.0 Å². The van der Waals surface area contributed by atoms with Gasteiger partial charge in [0.2, 0.25) is 0 Å². The lowest BCUT2D eigenvalue weighted by atomic mass is 10.3. The fraction of sp³-hybridized carbons (Fsp3) is 0.118. The number of carbonyl (C=O) groups excluding carboxylic acids is 1. The number of halogens is 2. The molecule has 1 aromatic carbocycles. The fourth-order valence-corrected chi connectivity index (χ4v) is 3.06. The van der Waals surface area contributed by atoms with Gasteiger partial charge in [0.25, 0.3) is 5.91 Å². The van der Waals surface area contributed by atoms with Crippen molar-refractivity contribution in [3.63, 3.8) is 0 Å². The molecule has 0 aliphatic heterocycles. The Morgan fingerprint density at radius 2 is 2.00 bits per heavy atom. The molecule has 1 amide bonds. The third-order valence-electron chi connectivity index (χ3n) is 3.36. The zero-order valence-electron chi connectivity index (χ0n) is 13.0. The number of benzene rings is 1. The minimum Gasteiger partial charge on any atom is -0.321 e. The van der Waals surface area contributed by atoms with E-state index in [-0.39, 0.29) is 11.6 Å². The summed E-state index contributed by atoms with van der Waals surface area (Å²) in [6.45, 7) is 3.84. The maximum absolute atomic E-state index is 12.5. The third kappa shape index (κ3) is 3.59. The Balaban J connectivity index is 1.94. The molecule has 0 aliphatic rings. The van der Waals surface area contributed by atoms with E-state index in [0.29, 0.717) is 16.5 Å². The Kier molecular flexibility index (Phi) is 4.86. The van der Waals surface area contributed by atoms with Gasteiger partial charge in [0, 0.05) is 15.0 Å². The Morgan fingerprint density at radius 1 is 1.21 bits per heavy atom. The Bertz CT molecular complexity index is 923. The van der Waals surface area contributed by atoms with Crippen LogP contribution in [0.4, 0.5) is 5.69 Å². The second kappa shape index (κ2) is 6.90. The van der Waals surface area contributed by atoms with Crippen LogP contribution in [0.25, 0.3) is 5.82 Å². The van der Waals surface area contributed by atoms with E-state index in [4.69, 9.17) is 11.6 Å². The summed E-state index contributed by atoms with van der Waals surface area (Å²) in [5, 5.41) is 7.50. The van der Waals surface area contributed by atoms with E-state index in [9.17, 15) is 4.79 Å². The van der Waals surface area contributed by atoms with E-state index < -0.39 is 0 Å². The molecule has 0 bridgehead atoms. The molecule has 3 rings (SSSR count). The quantitative estimate of drug-likeness (QED) is 0.600. The molecular formula is C17H14ClIN4O. The summed E-state index contributed by atoms with van der Waals surface area (Å²) in [5.41, 5.74) is 2.68. The molecule has 7 heteroatoms. The van der Waals surface area contributed by atoms with Crippen molar-refractivity contribution in [2.24, 2.45) is 0 Å². The van der Waals surface area contributed by atoms with Crippen molar-refractivity contribution in [1.82, 2.24) is 14.8 Å². The molecule has 0 fully saturated rings. The zero-order chi connectivity index (χ0) is 17.3. The average Bonchev–Trinajstić information content (AvgIpc) is 2.86. The van der Waals surface area contributed by atoms with Gasteiger partial charge in [0.05, 0.1) is 10.7 Å². The maximum Gasteiger partial charge on any atom is 0.275 e. The molecule has 0 aliphatic carbocycles.